The number of hydrogen-bond acceptors (Lipinski definition) is 7. The molecule has 0 fully saturated rings. The Hall–Kier alpha value is -3.88. The monoisotopic (exact) mass is 391 g/mol. The van der Waals surface area contributed by atoms with Crippen LogP contribution in [0.4, 0.5) is 10.5 Å². The van der Waals surface area contributed by atoms with Crippen molar-refractivity contribution in [1.82, 2.24) is 19.5 Å². The van der Waals surface area contributed by atoms with Gasteiger partial charge in [-0.25, -0.2) is 19.3 Å². The van der Waals surface area contributed by atoms with E-state index in [4.69, 9.17) is 4.74 Å². The highest BCUT2D eigenvalue weighted by Crippen LogP contribution is 2.32. The number of ether oxygens (including phenoxy) is 1. The lowest BCUT2D eigenvalue weighted by Crippen LogP contribution is -2.27. The maximum atomic E-state index is 12.9. The number of carbonyl (C=O) groups excluding carboxylic acids is 1. The smallest absolute Gasteiger partial charge is 0.420 e. The maximum absolute atomic E-state index is 12.9. The van der Waals surface area contributed by atoms with Crippen LogP contribution in [0.5, 0.6) is 0 Å². The summed E-state index contributed by atoms with van der Waals surface area (Å²) in [6, 6.07) is 7.94. The fourth-order valence-electron chi connectivity index (χ4n) is 3.10. The highest BCUT2D eigenvalue weighted by molar-refractivity contribution is 6.11. The average molecular weight is 391 g/mol. The summed E-state index contributed by atoms with van der Waals surface area (Å²) in [7, 11) is 0. The SMILES string of the molecule is CC(C)(C)OC(=O)n1c2ccncc2c2ccc(-c3ncccc3[N+](=O)[O-])nc21. The second kappa shape index (κ2) is 6.62. The molecule has 0 amide bonds. The normalized spacial score (nSPS) is 11.7. The molecule has 0 radical (unpaired) electrons. The van der Waals surface area contributed by atoms with Crippen molar-refractivity contribution >= 4 is 33.7 Å². The number of rotatable bonds is 2. The minimum absolute atomic E-state index is 0.124. The van der Waals surface area contributed by atoms with Gasteiger partial charge in [0.05, 0.1) is 16.1 Å². The molecule has 0 saturated carbocycles. The Morgan fingerprint density at radius 1 is 1.14 bits per heavy atom. The van der Waals surface area contributed by atoms with Gasteiger partial charge in [-0.1, -0.05) is 0 Å². The molecule has 0 unspecified atom stereocenters. The van der Waals surface area contributed by atoms with E-state index in [0.29, 0.717) is 16.6 Å². The molecule has 4 rings (SSSR count). The van der Waals surface area contributed by atoms with Gasteiger partial charge in [0, 0.05) is 35.4 Å². The predicted molar refractivity (Wildman–Crippen MR) is 107 cm³/mol. The minimum atomic E-state index is -0.704. The first-order chi connectivity index (χ1) is 13.8. The Bertz CT molecular complexity index is 1270. The summed E-state index contributed by atoms with van der Waals surface area (Å²) in [5, 5.41) is 12.8. The molecule has 4 aromatic rings. The number of aromatic nitrogens is 4. The molecule has 4 heterocycles. The third-order valence-corrected chi connectivity index (χ3v) is 4.22. The lowest BCUT2D eigenvalue weighted by Gasteiger charge is -2.20. The van der Waals surface area contributed by atoms with Crippen molar-refractivity contribution < 1.29 is 14.5 Å². The second-order valence-electron chi connectivity index (χ2n) is 7.40. The van der Waals surface area contributed by atoms with Crippen LogP contribution in [0.2, 0.25) is 0 Å². The van der Waals surface area contributed by atoms with Gasteiger partial charge in [0.1, 0.15) is 5.60 Å². The van der Waals surface area contributed by atoms with Crippen LogP contribution in [0.3, 0.4) is 0 Å². The van der Waals surface area contributed by atoms with Gasteiger partial charge in [-0.3, -0.25) is 15.1 Å². The summed E-state index contributed by atoms with van der Waals surface area (Å²) >= 11 is 0. The van der Waals surface area contributed by atoms with Gasteiger partial charge < -0.3 is 4.74 Å². The third-order valence-electron chi connectivity index (χ3n) is 4.22. The summed E-state index contributed by atoms with van der Waals surface area (Å²) in [4.78, 5) is 36.6. The molecule has 0 aliphatic carbocycles. The molecule has 0 atom stereocenters. The summed E-state index contributed by atoms with van der Waals surface area (Å²) in [6.45, 7) is 5.32. The Labute approximate surface area is 165 Å². The Kier molecular flexibility index (Phi) is 4.22. The van der Waals surface area contributed by atoms with Gasteiger partial charge >= 0.3 is 6.09 Å². The van der Waals surface area contributed by atoms with Crippen LogP contribution in [0.1, 0.15) is 20.8 Å². The van der Waals surface area contributed by atoms with E-state index in [2.05, 4.69) is 15.0 Å². The predicted octanol–water partition coefficient (Wildman–Crippen LogP) is 4.34. The van der Waals surface area contributed by atoms with E-state index in [9.17, 15) is 14.9 Å². The molecule has 0 saturated heterocycles. The van der Waals surface area contributed by atoms with Crippen molar-refractivity contribution in [2.24, 2.45) is 0 Å². The lowest BCUT2D eigenvalue weighted by molar-refractivity contribution is -0.384. The zero-order valence-electron chi connectivity index (χ0n) is 16.0. The first-order valence-corrected chi connectivity index (χ1v) is 8.84. The fourth-order valence-corrected chi connectivity index (χ4v) is 3.10. The highest BCUT2D eigenvalue weighted by atomic mass is 16.6. The zero-order valence-corrected chi connectivity index (χ0v) is 16.0. The molecule has 0 N–H and O–H groups in total. The molecule has 0 aliphatic heterocycles. The van der Waals surface area contributed by atoms with Crippen LogP contribution in [0.15, 0.2) is 48.9 Å². The van der Waals surface area contributed by atoms with Crippen LogP contribution in [0.25, 0.3) is 33.3 Å². The van der Waals surface area contributed by atoms with Gasteiger partial charge in [-0.05, 0) is 45.0 Å². The van der Waals surface area contributed by atoms with E-state index < -0.39 is 16.6 Å². The summed E-state index contributed by atoms with van der Waals surface area (Å²) in [6.07, 6.45) is 4.08. The number of nitro groups is 1. The van der Waals surface area contributed by atoms with E-state index in [-0.39, 0.29) is 17.1 Å². The third kappa shape index (κ3) is 3.27. The van der Waals surface area contributed by atoms with Gasteiger partial charge in [-0.2, -0.15) is 0 Å². The Morgan fingerprint density at radius 2 is 1.93 bits per heavy atom. The summed E-state index contributed by atoms with van der Waals surface area (Å²) in [5.74, 6) is 0. The van der Waals surface area contributed by atoms with Gasteiger partial charge in [0.25, 0.3) is 5.69 Å². The molecular weight excluding hydrogens is 374 g/mol. The number of nitrogens with zero attached hydrogens (tertiary/aromatic N) is 5. The minimum Gasteiger partial charge on any atom is -0.443 e. The van der Waals surface area contributed by atoms with E-state index >= 15 is 0 Å². The molecule has 29 heavy (non-hydrogen) atoms. The lowest BCUT2D eigenvalue weighted by atomic mass is 10.2. The van der Waals surface area contributed by atoms with Crippen LogP contribution in [-0.2, 0) is 4.74 Å². The molecular formula is C20H17N5O4. The molecule has 9 nitrogen and oxygen atoms in total. The molecule has 4 aromatic heterocycles. The number of hydrogen-bond donors (Lipinski definition) is 0. The highest BCUT2D eigenvalue weighted by Gasteiger charge is 2.25. The largest absolute Gasteiger partial charge is 0.443 e. The van der Waals surface area contributed by atoms with Gasteiger partial charge in [0.2, 0.25) is 0 Å². The van der Waals surface area contributed by atoms with E-state index in [1.54, 1.807) is 51.4 Å². The van der Waals surface area contributed by atoms with Crippen LogP contribution < -0.4 is 0 Å². The molecule has 9 heteroatoms. The van der Waals surface area contributed by atoms with Crippen LogP contribution in [-0.4, -0.2) is 36.1 Å². The quantitative estimate of drug-likeness (QED) is 0.369. The summed E-state index contributed by atoms with van der Waals surface area (Å²) in [5.41, 5.74) is 0.443. The summed E-state index contributed by atoms with van der Waals surface area (Å²) < 4.78 is 6.90. The molecule has 0 aromatic carbocycles. The molecule has 146 valence electrons. The molecule has 0 spiro atoms. The van der Waals surface area contributed by atoms with Crippen molar-refractivity contribution in [2.45, 2.75) is 26.4 Å². The van der Waals surface area contributed by atoms with E-state index in [1.807, 2.05) is 0 Å². The number of fused-ring (bicyclic) bond motifs is 3. The fraction of sp³-hybridized carbons (Fsp3) is 0.200. The topological polar surface area (TPSA) is 113 Å². The number of pyridine rings is 3. The second-order valence-corrected chi connectivity index (χ2v) is 7.40. The van der Waals surface area contributed by atoms with Crippen molar-refractivity contribution in [1.29, 1.82) is 0 Å². The van der Waals surface area contributed by atoms with Gasteiger partial charge in [-0.15, -0.1) is 0 Å². The van der Waals surface area contributed by atoms with Crippen molar-refractivity contribution in [3.8, 4) is 11.4 Å². The first kappa shape index (κ1) is 18.5. The van der Waals surface area contributed by atoms with E-state index in [1.165, 1.54) is 22.9 Å². The van der Waals surface area contributed by atoms with Crippen molar-refractivity contribution in [2.75, 3.05) is 0 Å². The molecule has 0 bridgehead atoms. The average Bonchev–Trinajstić information content (AvgIpc) is 3.00. The Morgan fingerprint density at radius 3 is 2.66 bits per heavy atom. The van der Waals surface area contributed by atoms with Crippen molar-refractivity contribution in [3.63, 3.8) is 0 Å². The van der Waals surface area contributed by atoms with Crippen LogP contribution >= 0.6 is 0 Å². The van der Waals surface area contributed by atoms with Crippen molar-refractivity contribution in [3.05, 3.63) is 59.0 Å². The zero-order chi connectivity index (χ0) is 20.8. The maximum Gasteiger partial charge on any atom is 0.420 e. The number of carbonyl (C=O) groups is 1. The van der Waals surface area contributed by atoms with Gasteiger partial charge in [0.15, 0.2) is 11.3 Å². The van der Waals surface area contributed by atoms with Crippen LogP contribution in [0, 0.1) is 10.1 Å². The first-order valence-electron chi connectivity index (χ1n) is 8.84. The molecule has 0 aliphatic rings. The van der Waals surface area contributed by atoms with E-state index in [0.717, 1.165) is 5.39 Å². The Balaban J connectivity index is 2.00. The standard InChI is InChI=1S/C20H17N5O4/c1-20(2,3)29-19(26)24-15-8-10-21-11-13(15)12-6-7-14(23-18(12)24)17-16(25(27)28)5-4-9-22-17/h4-11H,1-3H3.